The summed E-state index contributed by atoms with van der Waals surface area (Å²) in [5.41, 5.74) is 0.964. The maximum atomic E-state index is 12.0. The van der Waals surface area contributed by atoms with Crippen molar-refractivity contribution < 1.29 is 44.2 Å². The summed E-state index contributed by atoms with van der Waals surface area (Å²) in [7, 11) is 0. The molecule has 0 saturated carbocycles. The van der Waals surface area contributed by atoms with Gasteiger partial charge in [-0.2, -0.15) is 0 Å². The van der Waals surface area contributed by atoms with Crippen LogP contribution in [0.2, 0.25) is 0 Å². The lowest BCUT2D eigenvalue weighted by Crippen LogP contribution is -2.61. The van der Waals surface area contributed by atoms with Crippen molar-refractivity contribution in [2.45, 2.75) is 44.2 Å². The van der Waals surface area contributed by atoms with Crippen molar-refractivity contribution in [2.24, 2.45) is 0 Å². The third-order valence-electron chi connectivity index (χ3n) is 3.66. The Bertz CT molecular complexity index is 724. The molecule has 1 aromatic carbocycles. The number of esters is 1. The zero-order valence-corrected chi connectivity index (χ0v) is 14.2. The monoisotopic (exact) mass is 381 g/mol. The molecule has 0 aromatic heterocycles. The van der Waals surface area contributed by atoms with Crippen molar-refractivity contribution in [3.8, 4) is 12.0 Å². The van der Waals surface area contributed by atoms with Crippen LogP contribution in [-0.4, -0.2) is 63.2 Å². The molecule has 1 fully saturated rings. The number of aliphatic hydroxyl groups is 4. The largest absolute Gasteiger partial charge is 0.416 e. The Morgan fingerprint density at radius 2 is 1.81 bits per heavy atom. The van der Waals surface area contributed by atoms with Crippen LogP contribution in [0.25, 0.3) is 0 Å². The fourth-order valence-corrected chi connectivity index (χ4v) is 2.25. The van der Waals surface area contributed by atoms with E-state index in [1.54, 1.807) is 12.1 Å². The maximum absolute atomic E-state index is 12.0. The van der Waals surface area contributed by atoms with Crippen LogP contribution in [0.1, 0.15) is 12.5 Å². The molecule has 1 aliphatic rings. The highest BCUT2D eigenvalue weighted by atomic mass is 16.7. The highest BCUT2D eigenvalue weighted by Crippen LogP contribution is 2.23. The summed E-state index contributed by atoms with van der Waals surface area (Å²) < 4.78 is 14.4. The highest BCUT2D eigenvalue weighted by molar-refractivity contribution is 5.84. The molecule has 1 aliphatic heterocycles. The fourth-order valence-electron chi connectivity index (χ4n) is 2.25. The van der Waals surface area contributed by atoms with Gasteiger partial charge in [0.1, 0.15) is 24.4 Å². The van der Waals surface area contributed by atoms with E-state index < -0.39 is 42.8 Å². The number of benzene rings is 1. The van der Waals surface area contributed by atoms with Gasteiger partial charge in [-0.3, -0.25) is 5.32 Å². The number of nitrogens with one attached hydrogen (secondary N) is 1. The molecular formula is C17H19NO9. The predicted octanol–water partition coefficient (Wildman–Crippen LogP) is -0.941. The third-order valence-corrected chi connectivity index (χ3v) is 3.66. The van der Waals surface area contributed by atoms with Crippen LogP contribution in [0, 0.1) is 12.0 Å². The Balaban J connectivity index is 2.02. The van der Waals surface area contributed by atoms with E-state index in [1.807, 2.05) is 6.11 Å². The number of carbonyl (C=O) groups excluding carboxylic acids is 2. The Kier molecular flexibility index (Phi) is 7.12. The van der Waals surface area contributed by atoms with Crippen molar-refractivity contribution in [3.05, 3.63) is 29.8 Å². The van der Waals surface area contributed by atoms with Gasteiger partial charge < -0.3 is 34.6 Å². The van der Waals surface area contributed by atoms with Gasteiger partial charge in [-0.05, 0) is 17.7 Å². The fraction of sp³-hybridized carbons (Fsp3) is 0.412. The average Bonchev–Trinajstić information content (AvgIpc) is 2.67. The molecule has 0 aliphatic carbocycles. The molecule has 2 rings (SSSR count). The molecular weight excluding hydrogens is 362 g/mol. The lowest BCUT2D eigenvalue weighted by atomic mass is 9.99. The van der Waals surface area contributed by atoms with Crippen LogP contribution in [0.4, 0.5) is 10.5 Å². The topological polar surface area (TPSA) is 155 Å². The molecule has 10 nitrogen and oxygen atoms in total. The van der Waals surface area contributed by atoms with Crippen molar-refractivity contribution in [3.63, 3.8) is 0 Å². The summed E-state index contributed by atoms with van der Waals surface area (Å²) in [5.74, 6) is 1.18. The quantitative estimate of drug-likeness (QED) is 0.328. The van der Waals surface area contributed by atoms with E-state index in [2.05, 4.69) is 16.0 Å². The molecule has 1 saturated heterocycles. The minimum atomic E-state index is -1.83. The lowest BCUT2D eigenvalue weighted by Gasteiger charge is -2.38. The molecule has 146 valence electrons. The highest BCUT2D eigenvalue weighted by Gasteiger charge is 2.49. The van der Waals surface area contributed by atoms with Crippen LogP contribution in [0.3, 0.4) is 0 Å². The van der Waals surface area contributed by atoms with Crippen LogP contribution in [-0.2, 0) is 25.6 Å². The molecule has 1 amide bonds. The Morgan fingerprint density at radius 3 is 2.41 bits per heavy atom. The summed E-state index contributed by atoms with van der Waals surface area (Å²) >= 11 is 0. The molecule has 0 spiro atoms. The van der Waals surface area contributed by atoms with Crippen LogP contribution in [0.5, 0.6) is 0 Å². The molecule has 5 atom stereocenters. The molecule has 1 aromatic rings. The van der Waals surface area contributed by atoms with Gasteiger partial charge in [0.25, 0.3) is 0 Å². The third kappa shape index (κ3) is 5.16. The number of carbonyl (C=O) groups is 2. The van der Waals surface area contributed by atoms with Crippen molar-refractivity contribution in [1.29, 1.82) is 0 Å². The number of hydrogen-bond donors (Lipinski definition) is 5. The Morgan fingerprint density at radius 1 is 1.15 bits per heavy atom. The summed E-state index contributed by atoms with van der Waals surface area (Å²) in [6, 6.07) is 6.16. The zero-order chi connectivity index (χ0) is 20.0. The SMILES string of the molecule is CC#COC(=O)C1OC(OC(=O)Nc2ccc(CO)cc2)C(O)C(O)C1O. The summed E-state index contributed by atoms with van der Waals surface area (Å²) in [6.07, 6.45) is -7.92. The molecule has 5 N–H and O–H groups in total. The van der Waals surface area contributed by atoms with Gasteiger partial charge >= 0.3 is 12.1 Å². The van der Waals surface area contributed by atoms with Crippen molar-refractivity contribution in [1.82, 2.24) is 0 Å². The van der Waals surface area contributed by atoms with Crippen LogP contribution in [0.15, 0.2) is 24.3 Å². The van der Waals surface area contributed by atoms with Gasteiger partial charge in [-0.15, -0.1) is 0 Å². The maximum Gasteiger partial charge on any atom is 0.414 e. The molecule has 0 radical (unpaired) electrons. The van der Waals surface area contributed by atoms with E-state index in [0.717, 1.165) is 0 Å². The molecule has 5 unspecified atom stereocenters. The number of ether oxygens (including phenoxy) is 3. The summed E-state index contributed by atoms with van der Waals surface area (Å²) in [5, 5.41) is 41.0. The first-order valence-electron chi connectivity index (χ1n) is 7.87. The standard InChI is InChI=1S/C17H19NO9/c1-2-7-25-15(23)14-12(21)11(20)13(22)16(26-14)27-17(24)18-10-5-3-9(8-19)4-6-10/h3-6,11-14,16,19-22H,8H2,1H3,(H,18,24). The van der Waals surface area contributed by atoms with Crippen molar-refractivity contribution >= 4 is 17.7 Å². The second-order valence-electron chi connectivity index (χ2n) is 5.56. The zero-order valence-electron chi connectivity index (χ0n) is 14.2. The summed E-state index contributed by atoms with van der Waals surface area (Å²) in [4.78, 5) is 23.8. The normalized spacial score (nSPS) is 27.1. The summed E-state index contributed by atoms with van der Waals surface area (Å²) in [6.45, 7) is 1.25. The molecule has 27 heavy (non-hydrogen) atoms. The average molecular weight is 381 g/mol. The first-order chi connectivity index (χ1) is 12.9. The van der Waals surface area contributed by atoms with E-state index in [1.165, 1.54) is 19.1 Å². The number of aliphatic hydroxyl groups excluding tert-OH is 4. The van der Waals surface area contributed by atoms with Gasteiger partial charge in [0, 0.05) is 12.6 Å². The molecule has 1 heterocycles. The Hall–Kier alpha value is -2.68. The first-order valence-corrected chi connectivity index (χ1v) is 7.87. The van der Waals surface area contributed by atoms with Gasteiger partial charge in [0.15, 0.2) is 6.10 Å². The smallest absolute Gasteiger partial charge is 0.414 e. The number of rotatable bonds is 4. The molecule has 0 bridgehead atoms. The number of anilines is 1. The van der Waals surface area contributed by atoms with Gasteiger partial charge in [-0.1, -0.05) is 18.1 Å². The van der Waals surface area contributed by atoms with E-state index >= 15 is 0 Å². The minimum Gasteiger partial charge on any atom is -0.416 e. The van der Waals surface area contributed by atoms with Gasteiger partial charge in [-0.25, -0.2) is 9.59 Å². The van der Waals surface area contributed by atoms with E-state index in [4.69, 9.17) is 14.6 Å². The van der Waals surface area contributed by atoms with E-state index in [0.29, 0.717) is 11.3 Å². The second-order valence-corrected chi connectivity index (χ2v) is 5.56. The van der Waals surface area contributed by atoms with E-state index in [9.17, 15) is 24.9 Å². The first kappa shape index (κ1) is 20.6. The van der Waals surface area contributed by atoms with Crippen molar-refractivity contribution in [2.75, 3.05) is 5.32 Å². The minimum absolute atomic E-state index is 0.160. The lowest BCUT2D eigenvalue weighted by molar-refractivity contribution is -0.277. The Labute approximate surface area is 154 Å². The van der Waals surface area contributed by atoms with E-state index in [-0.39, 0.29) is 6.61 Å². The van der Waals surface area contributed by atoms with Crippen LogP contribution < -0.4 is 5.32 Å². The van der Waals surface area contributed by atoms with Crippen LogP contribution >= 0.6 is 0 Å². The second kappa shape index (κ2) is 9.31. The van der Waals surface area contributed by atoms with Gasteiger partial charge in [0.2, 0.25) is 6.29 Å². The number of amides is 1. The van der Waals surface area contributed by atoms with Gasteiger partial charge in [0.05, 0.1) is 6.61 Å². The predicted molar refractivity (Wildman–Crippen MR) is 88.7 cm³/mol. The molecule has 10 heteroatoms. The number of hydrogen-bond acceptors (Lipinski definition) is 9.